The summed E-state index contributed by atoms with van der Waals surface area (Å²) in [6.07, 6.45) is 0. The Kier molecular flexibility index (Phi) is 5.39. The van der Waals surface area contributed by atoms with Crippen LogP contribution in [0.4, 0.5) is 5.69 Å². The summed E-state index contributed by atoms with van der Waals surface area (Å²) in [5.41, 5.74) is 1.96. The van der Waals surface area contributed by atoms with Crippen LogP contribution in [-0.2, 0) is 9.59 Å². The van der Waals surface area contributed by atoms with Gasteiger partial charge in [0.2, 0.25) is 11.8 Å². The minimum absolute atomic E-state index is 0.268. The van der Waals surface area contributed by atoms with Crippen LogP contribution in [0.15, 0.2) is 42.5 Å². The minimum atomic E-state index is -0.610. The Morgan fingerprint density at radius 2 is 1.64 bits per heavy atom. The normalized spacial score (nSPS) is 12.6. The fourth-order valence-corrected chi connectivity index (χ4v) is 2.88. The van der Waals surface area contributed by atoms with E-state index in [1.165, 1.54) is 19.2 Å². The highest BCUT2D eigenvalue weighted by Gasteiger charge is 2.36. The zero-order valence-electron chi connectivity index (χ0n) is 15.4. The maximum absolute atomic E-state index is 12.3. The van der Waals surface area contributed by atoms with Crippen molar-refractivity contribution >= 4 is 29.3 Å². The highest BCUT2D eigenvalue weighted by atomic mass is 16.5. The SMILES string of the molecule is COc1ccc(C)cc1NC(=O)CNC(=O)CN1C(=O)c2ccccc2C1=O. The van der Waals surface area contributed by atoms with E-state index in [1.807, 2.05) is 13.0 Å². The Balaban J connectivity index is 1.55. The molecule has 28 heavy (non-hydrogen) atoms. The van der Waals surface area contributed by atoms with Crippen molar-refractivity contribution in [3.63, 3.8) is 0 Å². The van der Waals surface area contributed by atoms with Crippen molar-refractivity contribution in [2.24, 2.45) is 0 Å². The molecule has 1 heterocycles. The predicted octanol–water partition coefficient (Wildman–Crippen LogP) is 1.35. The number of carbonyl (C=O) groups excluding carboxylic acids is 4. The molecule has 0 aromatic heterocycles. The first-order valence-corrected chi connectivity index (χ1v) is 8.57. The van der Waals surface area contributed by atoms with Gasteiger partial charge in [-0.3, -0.25) is 24.1 Å². The molecule has 144 valence electrons. The zero-order valence-corrected chi connectivity index (χ0v) is 15.4. The van der Waals surface area contributed by atoms with Gasteiger partial charge in [-0.15, -0.1) is 0 Å². The maximum Gasteiger partial charge on any atom is 0.262 e. The van der Waals surface area contributed by atoms with Crippen LogP contribution in [0.1, 0.15) is 26.3 Å². The molecule has 0 unspecified atom stereocenters. The summed E-state index contributed by atoms with van der Waals surface area (Å²) in [6.45, 7) is 1.12. The molecule has 1 aliphatic rings. The minimum Gasteiger partial charge on any atom is -0.495 e. The number of benzene rings is 2. The molecule has 0 fully saturated rings. The monoisotopic (exact) mass is 381 g/mol. The van der Waals surface area contributed by atoms with Crippen molar-refractivity contribution in [1.29, 1.82) is 0 Å². The molecule has 0 bridgehead atoms. The van der Waals surface area contributed by atoms with Gasteiger partial charge in [0.1, 0.15) is 12.3 Å². The van der Waals surface area contributed by atoms with Gasteiger partial charge in [0.05, 0.1) is 30.5 Å². The summed E-state index contributed by atoms with van der Waals surface area (Å²) >= 11 is 0. The number of rotatable bonds is 6. The number of methoxy groups -OCH3 is 1. The van der Waals surface area contributed by atoms with Crippen molar-refractivity contribution in [1.82, 2.24) is 10.2 Å². The van der Waals surface area contributed by atoms with Crippen LogP contribution in [0, 0.1) is 6.92 Å². The quantitative estimate of drug-likeness (QED) is 0.735. The number of imide groups is 1. The number of fused-ring (bicyclic) bond motifs is 1. The lowest BCUT2D eigenvalue weighted by molar-refractivity contribution is -0.124. The van der Waals surface area contributed by atoms with Gasteiger partial charge in [-0.25, -0.2) is 0 Å². The molecule has 1 aliphatic heterocycles. The van der Waals surface area contributed by atoms with Gasteiger partial charge in [-0.1, -0.05) is 18.2 Å². The van der Waals surface area contributed by atoms with Crippen LogP contribution in [0.5, 0.6) is 5.75 Å². The van der Waals surface area contributed by atoms with E-state index in [2.05, 4.69) is 10.6 Å². The van der Waals surface area contributed by atoms with E-state index in [4.69, 9.17) is 4.74 Å². The molecule has 0 radical (unpaired) electrons. The van der Waals surface area contributed by atoms with E-state index in [9.17, 15) is 19.2 Å². The van der Waals surface area contributed by atoms with E-state index < -0.39 is 30.2 Å². The lowest BCUT2D eigenvalue weighted by Crippen LogP contribution is -2.42. The summed E-state index contributed by atoms with van der Waals surface area (Å²) in [5.74, 6) is -1.62. The summed E-state index contributed by atoms with van der Waals surface area (Å²) in [4.78, 5) is 49.6. The van der Waals surface area contributed by atoms with Gasteiger partial charge in [0.15, 0.2) is 0 Å². The lowest BCUT2D eigenvalue weighted by Gasteiger charge is -2.14. The Hall–Kier alpha value is -3.68. The van der Waals surface area contributed by atoms with E-state index in [-0.39, 0.29) is 17.7 Å². The third kappa shape index (κ3) is 3.85. The van der Waals surface area contributed by atoms with E-state index >= 15 is 0 Å². The number of hydrogen-bond donors (Lipinski definition) is 2. The molecule has 2 aromatic carbocycles. The van der Waals surface area contributed by atoms with Crippen LogP contribution in [-0.4, -0.2) is 48.7 Å². The number of nitrogens with one attached hydrogen (secondary N) is 2. The van der Waals surface area contributed by atoms with Crippen LogP contribution in [0.3, 0.4) is 0 Å². The standard InChI is InChI=1S/C20H19N3O5/c1-12-7-8-16(28-2)15(9-12)22-17(24)10-21-18(25)11-23-19(26)13-5-3-4-6-14(13)20(23)27/h3-9H,10-11H2,1-2H3,(H,21,25)(H,22,24). The van der Waals surface area contributed by atoms with Crippen molar-refractivity contribution in [3.8, 4) is 5.75 Å². The number of hydrogen-bond acceptors (Lipinski definition) is 5. The molecule has 0 aliphatic carbocycles. The number of ether oxygens (including phenoxy) is 1. The molecule has 4 amide bonds. The molecule has 8 heteroatoms. The average Bonchev–Trinajstić information content (AvgIpc) is 2.92. The third-order valence-electron chi connectivity index (χ3n) is 4.26. The molecule has 3 rings (SSSR count). The first kappa shape index (κ1) is 19.1. The van der Waals surface area contributed by atoms with Crippen LogP contribution < -0.4 is 15.4 Å². The molecule has 0 atom stereocenters. The fraction of sp³-hybridized carbons (Fsp3) is 0.200. The van der Waals surface area contributed by atoms with Crippen molar-refractivity contribution in [2.45, 2.75) is 6.92 Å². The van der Waals surface area contributed by atoms with Crippen molar-refractivity contribution < 1.29 is 23.9 Å². The topological polar surface area (TPSA) is 105 Å². The largest absolute Gasteiger partial charge is 0.495 e. The highest BCUT2D eigenvalue weighted by Crippen LogP contribution is 2.25. The number of carbonyl (C=O) groups is 4. The first-order chi connectivity index (χ1) is 13.4. The first-order valence-electron chi connectivity index (χ1n) is 8.57. The van der Waals surface area contributed by atoms with Crippen molar-refractivity contribution in [2.75, 3.05) is 25.5 Å². The summed E-state index contributed by atoms with van der Waals surface area (Å²) in [6, 6.07) is 11.7. The molecular formula is C20H19N3O5. The highest BCUT2D eigenvalue weighted by molar-refractivity contribution is 6.22. The lowest BCUT2D eigenvalue weighted by atomic mass is 10.1. The summed E-state index contributed by atoms with van der Waals surface area (Å²) < 4.78 is 5.19. The van der Waals surface area contributed by atoms with Gasteiger partial charge >= 0.3 is 0 Å². The Morgan fingerprint density at radius 3 is 2.25 bits per heavy atom. The Bertz CT molecular complexity index is 935. The smallest absolute Gasteiger partial charge is 0.262 e. The molecule has 0 saturated carbocycles. The fourth-order valence-electron chi connectivity index (χ4n) is 2.88. The molecule has 2 N–H and O–H groups in total. The number of nitrogens with zero attached hydrogens (tertiary/aromatic N) is 1. The van der Waals surface area contributed by atoms with E-state index in [1.54, 1.807) is 24.3 Å². The summed E-state index contributed by atoms with van der Waals surface area (Å²) in [5, 5.41) is 5.07. The predicted molar refractivity (Wildman–Crippen MR) is 101 cm³/mol. The molecule has 0 spiro atoms. The number of anilines is 1. The van der Waals surface area contributed by atoms with Gasteiger partial charge in [-0.2, -0.15) is 0 Å². The second kappa shape index (κ2) is 7.91. The Labute approximate surface area is 161 Å². The molecule has 8 nitrogen and oxygen atoms in total. The van der Waals surface area contributed by atoms with Gasteiger partial charge in [0.25, 0.3) is 11.8 Å². The van der Waals surface area contributed by atoms with Gasteiger partial charge in [0, 0.05) is 0 Å². The zero-order chi connectivity index (χ0) is 20.3. The van der Waals surface area contributed by atoms with E-state index in [0.717, 1.165) is 10.5 Å². The third-order valence-corrected chi connectivity index (χ3v) is 4.26. The maximum atomic E-state index is 12.3. The molecule has 0 saturated heterocycles. The van der Waals surface area contributed by atoms with Crippen LogP contribution in [0.2, 0.25) is 0 Å². The van der Waals surface area contributed by atoms with Crippen molar-refractivity contribution in [3.05, 3.63) is 59.2 Å². The second-order valence-corrected chi connectivity index (χ2v) is 6.27. The van der Waals surface area contributed by atoms with E-state index in [0.29, 0.717) is 11.4 Å². The summed E-state index contributed by atoms with van der Waals surface area (Å²) in [7, 11) is 1.49. The van der Waals surface area contributed by atoms with Gasteiger partial charge < -0.3 is 15.4 Å². The molecule has 2 aromatic rings. The Morgan fingerprint density at radius 1 is 1.00 bits per heavy atom. The van der Waals surface area contributed by atoms with Gasteiger partial charge in [-0.05, 0) is 36.8 Å². The number of aryl methyl sites for hydroxylation is 1. The van der Waals surface area contributed by atoms with Crippen LogP contribution >= 0.6 is 0 Å². The second-order valence-electron chi connectivity index (χ2n) is 6.27. The van der Waals surface area contributed by atoms with Crippen LogP contribution in [0.25, 0.3) is 0 Å². The number of amides is 4. The molecular weight excluding hydrogens is 362 g/mol. The average molecular weight is 381 g/mol.